The van der Waals surface area contributed by atoms with Crippen molar-refractivity contribution >= 4 is 21.8 Å². The first-order valence-corrected chi connectivity index (χ1v) is 9.03. The van der Waals surface area contributed by atoms with Gasteiger partial charge in [-0.3, -0.25) is 0 Å². The Morgan fingerprint density at radius 2 is 2.11 bits per heavy atom. The minimum absolute atomic E-state index is 0.0148. The van der Waals surface area contributed by atoms with Gasteiger partial charge in [0.15, 0.2) is 0 Å². The lowest BCUT2D eigenvalue weighted by atomic mass is 10.2. The maximum absolute atomic E-state index is 12.5. The van der Waals surface area contributed by atoms with Crippen LogP contribution in [0.25, 0.3) is 0 Å². The molecule has 0 saturated heterocycles. The van der Waals surface area contributed by atoms with Gasteiger partial charge in [0.1, 0.15) is 0 Å². The van der Waals surface area contributed by atoms with Gasteiger partial charge < -0.3 is 5.73 Å². The molecule has 0 aromatic heterocycles. The largest absolute Gasteiger partial charge is 0.326 e. The zero-order valence-corrected chi connectivity index (χ0v) is 13.3. The highest BCUT2D eigenvalue weighted by atomic mass is 32.2. The summed E-state index contributed by atoms with van der Waals surface area (Å²) in [5, 5.41) is 0. The Hall–Kier alpha value is -0.560. The molecule has 2 N–H and O–H groups in total. The van der Waals surface area contributed by atoms with Gasteiger partial charge in [0.25, 0.3) is 0 Å². The standard InChI is InChI=1S/C13H22N2O2S2/c1-11(7-8-18-3)15(2)19(16,17)13-6-4-5-12(9-13)10-14/h4-6,9,11H,7-8,10,14H2,1-3H3. The highest BCUT2D eigenvalue weighted by Crippen LogP contribution is 2.19. The highest BCUT2D eigenvalue weighted by Gasteiger charge is 2.25. The summed E-state index contributed by atoms with van der Waals surface area (Å²) in [6.45, 7) is 2.27. The molecule has 1 aromatic carbocycles. The van der Waals surface area contributed by atoms with Crippen molar-refractivity contribution in [3.05, 3.63) is 29.8 Å². The van der Waals surface area contributed by atoms with Gasteiger partial charge in [-0.15, -0.1) is 0 Å². The van der Waals surface area contributed by atoms with Crippen LogP contribution in [0.15, 0.2) is 29.2 Å². The molecular formula is C13H22N2O2S2. The molecule has 4 nitrogen and oxygen atoms in total. The van der Waals surface area contributed by atoms with E-state index in [-0.39, 0.29) is 6.04 Å². The Morgan fingerprint density at radius 1 is 1.42 bits per heavy atom. The summed E-state index contributed by atoms with van der Waals surface area (Å²) >= 11 is 1.72. The summed E-state index contributed by atoms with van der Waals surface area (Å²) in [6.07, 6.45) is 2.86. The number of hydrogen-bond acceptors (Lipinski definition) is 4. The van der Waals surface area contributed by atoms with Gasteiger partial charge in [-0.05, 0) is 43.0 Å². The maximum atomic E-state index is 12.5. The number of hydrogen-bond donors (Lipinski definition) is 1. The van der Waals surface area contributed by atoms with E-state index in [1.54, 1.807) is 37.0 Å². The molecule has 1 unspecified atom stereocenters. The molecule has 0 aliphatic heterocycles. The number of rotatable bonds is 7. The van der Waals surface area contributed by atoms with E-state index in [1.807, 2.05) is 19.2 Å². The van der Waals surface area contributed by atoms with Crippen molar-refractivity contribution in [1.82, 2.24) is 4.31 Å². The van der Waals surface area contributed by atoms with E-state index in [0.717, 1.165) is 17.7 Å². The van der Waals surface area contributed by atoms with Crippen LogP contribution in [0.2, 0.25) is 0 Å². The topological polar surface area (TPSA) is 63.4 Å². The van der Waals surface area contributed by atoms with Gasteiger partial charge in [-0.2, -0.15) is 16.1 Å². The van der Waals surface area contributed by atoms with Gasteiger partial charge in [-0.25, -0.2) is 8.42 Å². The summed E-state index contributed by atoms with van der Waals surface area (Å²) < 4.78 is 26.4. The maximum Gasteiger partial charge on any atom is 0.243 e. The second-order valence-electron chi connectivity index (χ2n) is 4.50. The Morgan fingerprint density at radius 3 is 2.68 bits per heavy atom. The predicted molar refractivity (Wildman–Crippen MR) is 81.7 cm³/mol. The fourth-order valence-electron chi connectivity index (χ4n) is 1.71. The first kappa shape index (κ1) is 16.5. The van der Waals surface area contributed by atoms with Crippen LogP contribution in [0, 0.1) is 0 Å². The van der Waals surface area contributed by atoms with Gasteiger partial charge in [0.2, 0.25) is 10.0 Å². The minimum atomic E-state index is -3.43. The molecule has 0 fully saturated rings. The molecule has 1 rings (SSSR count). The van der Waals surface area contributed by atoms with Crippen molar-refractivity contribution in [2.24, 2.45) is 5.73 Å². The lowest BCUT2D eigenvalue weighted by molar-refractivity contribution is 0.382. The summed E-state index contributed by atoms with van der Waals surface area (Å²) in [5.41, 5.74) is 6.38. The van der Waals surface area contributed by atoms with E-state index in [9.17, 15) is 8.42 Å². The predicted octanol–water partition coefficient (Wildman–Crippen LogP) is 1.91. The third-order valence-electron chi connectivity index (χ3n) is 3.17. The van der Waals surface area contributed by atoms with Gasteiger partial charge in [0.05, 0.1) is 4.90 Å². The molecule has 0 aliphatic carbocycles. The Balaban J connectivity index is 2.95. The van der Waals surface area contributed by atoms with Gasteiger partial charge >= 0.3 is 0 Å². The van der Waals surface area contributed by atoms with Crippen LogP contribution in [0.5, 0.6) is 0 Å². The summed E-state index contributed by atoms with van der Waals surface area (Å²) in [6, 6.07) is 6.81. The van der Waals surface area contributed by atoms with E-state index in [4.69, 9.17) is 5.73 Å². The van der Waals surface area contributed by atoms with Crippen LogP contribution in [-0.2, 0) is 16.6 Å². The van der Waals surface area contributed by atoms with E-state index in [0.29, 0.717) is 11.4 Å². The normalized spacial score (nSPS) is 13.7. The molecule has 0 amide bonds. The van der Waals surface area contributed by atoms with E-state index >= 15 is 0 Å². The third-order valence-corrected chi connectivity index (χ3v) is 5.78. The molecule has 0 spiro atoms. The quantitative estimate of drug-likeness (QED) is 0.835. The van der Waals surface area contributed by atoms with Crippen LogP contribution < -0.4 is 5.73 Å². The molecule has 1 aromatic rings. The summed E-state index contributed by atoms with van der Waals surface area (Å²) in [7, 11) is -1.80. The first-order chi connectivity index (χ1) is 8.93. The van der Waals surface area contributed by atoms with E-state index < -0.39 is 10.0 Å². The second-order valence-corrected chi connectivity index (χ2v) is 7.49. The lowest BCUT2D eigenvalue weighted by Gasteiger charge is -2.24. The molecule has 1 atom stereocenters. The average molecular weight is 302 g/mol. The average Bonchev–Trinajstić information content (AvgIpc) is 2.43. The SMILES string of the molecule is CSCCC(C)N(C)S(=O)(=O)c1cccc(CN)c1. The van der Waals surface area contributed by atoms with E-state index in [1.165, 1.54) is 4.31 Å². The number of nitrogens with two attached hydrogens (primary N) is 1. The Kier molecular flexibility index (Phi) is 6.32. The summed E-state index contributed by atoms with van der Waals surface area (Å²) in [4.78, 5) is 0.314. The number of benzene rings is 1. The van der Waals surface area contributed by atoms with Crippen molar-refractivity contribution in [2.75, 3.05) is 19.1 Å². The summed E-state index contributed by atoms with van der Waals surface area (Å²) in [5.74, 6) is 0.948. The Bertz CT molecular complexity index is 503. The van der Waals surface area contributed by atoms with Crippen LogP contribution >= 0.6 is 11.8 Å². The van der Waals surface area contributed by atoms with Crippen molar-refractivity contribution in [1.29, 1.82) is 0 Å². The highest BCUT2D eigenvalue weighted by molar-refractivity contribution is 7.98. The van der Waals surface area contributed by atoms with E-state index in [2.05, 4.69) is 0 Å². The zero-order chi connectivity index (χ0) is 14.5. The molecule has 0 heterocycles. The van der Waals surface area contributed by atoms with Crippen LogP contribution in [0.3, 0.4) is 0 Å². The molecule has 0 radical (unpaired) electrons. The van der Waals surface area contributed by atoms with Crippen molar-refractivity contribution in [3.63, 3.8) is 0 Å². The molecule has 19 heavy (non-hydrogen) atoms. The smallest absolute Gasteiger partial charge is 0.243 e. The van der Waals surface area contributed by atoms with Crippen LogP contribution in [-0.4, -0.2) is 37.8 Å². The third kappa shape index (κ3) is 4.21. The van der Waals surface area contributed by atoms with Crippen molar-refractivity contribution in [3.8, 4) is 0 Å². The minimum Gasteiger partial charge on any atom is -0.326 e. The molecule has 0 aliphatic rings. The number of thioether (sulfide) groups is 1. The van der Waals surface area contributed by atoms with Gasteiger partial charge in [0, 0.05) is 19.6 Å². The second kappa shape index (κ2) is 7.28. The fraction of sp³-hybridized carbons (Fsp3) is 0.538. The number of nitrogens with zero attached hydrogens (tertiary/aromatic N) is 1. The van der Waals surface area contributed by atoms with Crippen LogP contribution in [0.1, 0.15) is 18.9 Å². The Labute approximate surface area is 120 Å². The molecule has 108 valence electrons. The lowest BCUT2D eigenvalue weighted by Crippen LogP contribution is -2.35. The monoisotopic (exact) mass is 302 g/mol. The molecule has 6 heteroatoms. The fourth-order valence-corrected chi connectivity index (χ4v) is 3.75. The number of sulfonamides is 1. The molecule has 0 saturated carbocycles. The van der Waals surface area contributed by atoms with Gasteiger partial charge in [-0.1, -0.05) is 12.1 Å². The molecular weight excluding hydrogens is 280 g/mol. The molecule has 0 bridgehead atoms. The van der Waals surface area contributed by atoms with Crippen molar-refractivity contribution in [2.45, 2.75) is 30.8 Å². The van der Waals surface area contributed by atoms with Crippen LogP contribution in [0.4, 0.5) is 0 Å². The first-order valence-electron chi connectivity index (χ1n) is 6.19. The zero-order valence-electron chi connectivity index (χ0n) is 11.7. The van der Waals surface area contributed by atoms with Crippen molar-refractivity contribution < 1.29 is 8.42 Å².